The van der Waals surface area contributed by atoms with Crippen LogP contribution in [0.3, 0.4) is 0 Å². The minimum atomic E-state index is 0.103. The van der Waals surface area contributed by atoms with Gasteiger partial charge >= 0.3 is 0 Å². The molecule has 0 fully saturated rings. The Bertz CT molecular complexity index is 632. The summed E-state index contributed by atoms with van der Waals surface area (Å²) in [6.07, 6.45) is 0. The molecule has 2 rings (SSSR count). The van der Waals surface area contributed by atoms with Crippen molar-refractivity contribution in [3.8, 4) is 5.75 Å². The van der Waals surface area contributed by atoms with E-state index in [2.05, 4.69) is 29.6 Å². The molecular formula is C20H27N2O2S+. The third-order valence-corrected chi connectivity index (χ3v) is 4.84. The Morgan fingerprint density at radius 2 is 1.80 bits per heavy atom. The van der Waals surface area contributed by atoms with Crippen molar-refractivity contribution in [1.29, 1.82) is 0 Å². The van der Waals surface area contributed by atoms with Crippen LogP contribution in [0, 0.1) is 0 Å². The SMILES string of the molecule is COc1ccc(C[NH+](C)CC(=O)NCCSCc2ccccc2)cc1. The van der Waals surface area contributed by atoms with Crippen molar-refractivity contribution in [2.75, 3.05) is 33.0 Å². The predicted octanol–water partition coefficient (Wildman–Crippen LogP) is 1.76. The van der Waals surface area contributed by atoms with E-state index in [1.54, 1.807) is 7.11 Å². The highest BCUT2D eigenvalue weighted by atomic mass is 32.2. The van der Waals surface area contributed by atoms with Gasteiger partial charge in [-0.15, -0.1) is 0 Å². The van der Waals surface area contributed by atoms with Crippen LogP contribution in [0.1, 0.15) is 11.1 Å². The molecule has 0 saturated carbocycles. The van der Waals surface area contributed by atoms with Crippen molar-refractivity contribution >= 4 is 17.7 Å². The van der Waals surface area contributed by atoms with Gasteiger partial charge in [0, 0.05) is 23.6 Å². The molecule has 0 spiro atoms. The zero-order valence-corrected chi connectivity index (χ0v) is 15.8. The summed E-state index contributed by atoms with van der Waals surface area (Å²) in [5.74, 6) is 2.87. The van der Waals surface area contributed by atoms with Crippen LogP contribution in [-0.4, -0.2) is 38.9 Å². The predicted molar refractivity (Wildman–Crippen MR) is 104 cm³/mol. The number of thioether (sulfide) groups is 1. The summed E-state index contributed by atoms with van der Waals surface area (Å²) in [5, 5.41) is 3.00. The third-order valence-electron chi connectivity index (χ3n) is 3.81. The van der Waals surface area contributed by atoms with Gasteiger partial charge in [-0.25, -0.2) is 0 Å². The summed E-state index contributed by atoms with van der Waals surface area (Å²) in [6, 6.07) is 18.4. The molecule has 0 aliphatic rings. The molecule has 0 aromatic heterocycles. The second-order valence-electron chi connectivity index (χ2n) is 6.05. The molecule has 2 aromatic rings. The zero-order chi connectivity index (χ0) is 17.9. The Balaban J connectivity index is 1.59. The highest BCUT2D eigenvalue weighted by molar-refractivity contribution is 7.98. The van der Waals surface area contributed by atoms with Crippen LogP contribution in [0.25, 0.3) is 0 Å². The standard InChI is InChI=1S/C20H26N2O2S/c1-22(14-17-8-10-19(24-2)11-9-17)15-20(23)21-12-13-25-16-18-6-4-3-5-7-18/h3-11H,12-16H2,1-2H3,(H,21,23)/p+1. The molecule has 0 saturated heterocycles. The number of hydrogen-bond acceptors (Lipinski definition) is 3. The van der Waals surface area contributed by atoms with Crippen LogP contribution in [-0.2, 0) is 17.1 Å². The van der Waals surface area contributed by atoms with Crippen LogP contribution < -0.4 is 15.0 Å². The molecule has 0 aliphatic carbocycles. The number of quaternary nitrogens is 1. The van der Waals surface area contributed by atoms with E-state index in [0.717, 1.165) is 23.8 Å². The monoisotopic (exact) mass is 359 g/mol. The van der Waals surface area contributed by atoms with Gasteiger partial charge in [0.25, 0.3) is 5.91 Å². The van der Waals surface area contributed by atoms with Crippen molar-refractivity contribution < 1.29 is 14.4 Å². The van der Waals surface area contributed by atoms with E-state index >= 15 is 0 Å². The number of carbonyl (C=O) groups is 1. The lowest BCUT2D eigenvalue weighted by Gasteiger charge is -2.14. The molecule has 5 heteroatoms. The van der Waals surface area contributed by atoms with Gasteiger partial charge in [0.2, 0.25) is 0 Å². The number of methoxy groups -OCH3 is 1. The van der Waals surface area contributed by atoms with Crippen molar-refractivity contribution in [3.05, 3.63) is 65.7 Å². The van der Waals surface area contributed by atoms with Gasteiger partial charge in [-0.3, -0.25) is 4.79 Å². The fourth-order valence-electron chi connectivity index (χ4n) is 2.52. The zero-order valence-electron chi connectivity index (χ0n) is 15.0. The number of nitrogens with one attached hydrogen (secondary N) is 2. The Morgan fingerprint density at radius 1 is 1.08 bits per heavy atom. The van der Waals surface area contributed by atoms with Gasteiger partial charge in [-0.1, -0.05) is 30.3 Å². The molecule has 2 aromatic carbocycles. The maximum atomic E-state index is 12.0. The molecule has 2 N–H and O–H groups in total. The van der Waals surface area contributed by atoms with Crippen molar-refractivity contribution in [2.24, 2.45) is 0 Å². The summed E-state index contributed by atoms with van der Waals surface area (Å²) in [7, 11) is 3.70. The largest absolute Gasteiger partial charge is 0.497 e. The minimum Gasteiger partial charge on any atom is -0.497 e. The Kier molecular flexibility index (Phi) is 8.35. The van der Waals surface area contributed by atoms with E-state index in [-0.39, 0.29) is 5.91 Å². The molecular weight excluding hydrogens is 332 g/mol. The number of likely N-dealkylation sites (N-methyl/N-ethyl adjacent to an activating group) is 1. The lowest BCUT2D eigenvalue weighted by atomic mass is 10.2. The molecule has 134 valence electrons. The van der Waals surface area contributed by atoms with Crippen LogP contribution >= 0.6 is 11.8 Å². The first-order valence-corrected chi connectivity index (χ1v) is 9.65. The molecule has 1 atom stereocenters. The van der Waals surface area contributed by atoms with Crippen molar-refractivity contribution in [3.63, 3.8) is 0 Å². The van der Waals surface area contributed by atoms with Crippen molar-refractivity contribution in [1.82, 2.24) is 5.32 Å². The molecule has 4 nitrogen and oxygen atoms in total. The first-order valence-electron chi connectivity index (χ1n) is 8.50. The van der Waals surface area contributed by atoms with E-state index in [1.165, 1.54) is 16.0 Å². The number of amides is 1. The molecule has 0 radical (unpaired) electrons. The molecule has 0 aliphatic heterocycles. The maximum absolute atomic E-state index is 12.0. The smallest absolute Gasteiger partial charge is 0.275 e. The van der Waals surface area contributed by atoms with Gasteiger partial charge in [0.15, 0.2) is 6.54 Å². The third kappa shape index (κ3) is 7.63. The summed E-state index contributed by atoms with van der Waals surface area (Å²) in [5.41, 5.74) is 2.52. The van der Waals surface area contributed by atoms with Crippen LogP contribution in [0.5, 0.6) is 5.75 Å². The van der Waals surface area contributed by atoms with E-state index in [0.29, 0.717) is 13.1 Å². The fourth-order valence-corrected chi connectivity index (χ4v) is 3.34. The molecule has 1 unspecified atom stereocenters. The minimum absolute atomic E-state index is 0.103. The molecule has 0 bridgehead atoms. The van der Waals surface area contributed by atoms with Gasteiger partial charge in [-0.05, 0) is 29.8 Å². The van der Waals surface area contributed by atoms with Crippen LogP contribution in [0.15, 0.2) is 54.6 Å². The van der Waals surface area contributed by atoms with Crippen molar-refractivity contribution in [2.45, 2.75) is 12.3 Å². The normalized spacial score (nSPS) is 11.8. The summed E-state index contributed by atoms with van der Waals surface area (Å²) >= 11 is 1.84. The second-order valence-corrected chi connectivity index (χ2v) is 7.15. The highest BCUT2D eigenvalue weighted by Crippen LogP contribution is 2.11. The lowest BCUT2D eigenvalue weighted by Crippen LogP contribution is -3.08. The summed E-state index contributed by atoms with van der Waals surface area (Å²) in [4.78, 5) is 13.2. The molecule has 0 heterocycles. The highest BCUT2D eigenvalue weighted by Gasteiger charge is 2.10. The average Bonchev–Trinajstić information content (AvgIpc) is 2.63. The van der Waals surface area contributed by atoms with E-state index in [9.17, 15) is 4.79 Å². The second kappa shape index (κ2) is 10.8. The number of hydrogen-bond donors (Lipinski definition) is 2. The molecule has 1 amide bonds. The Hall–Kier alpha value is -1.98. The van der Waals surface area contributed by atoms with E-state index in [1.807, 2.05) is 49.1 Å². The first kappa shape index (κ1) is 19.3. The van der Waals surface area contributed by atoms with E-state index in [4.69, 9.17) is 4.74 Å². The van der Waals surface area contributed by atoms with Gasteiger partial charge < -0.3 is 15.0 Å². The molecule has 25 heavy (non-hydrogen) atoms. The quantitative estimate of drug-likeness (QED) is 0.635. The van der Waals surface area contributed by atoms with Gasteiger partial charge in [0.1, 0.15) is 12.3 Å². The maximum Gasteiger partial charge on any atom is 0.275 e. The lowest BCUT2D eigenvalue weighted by molar-refractivity contribution is -0.885. The van der Waals surface area contributed by atoms with Crippen LogP contribution in [0.2, 0.25) is 0 Å². The summed E-state index contributed by atoms with van der Waals surface area (Å²) < 4.78 is 5.16. The van der Waals surface area contributed by atoms with Gasteiger partial charge in [0.05, 0.1) is 14.2 Å². The first-order chi connectivity index (χ1) is 12.2. The average molecular weight is 360 g/mol. The number of carbonyl (C=O) groups excluding carboxylic acids is 1. The fraction of sp³-hybridized carbons (Fsp3) is 0.350. The number of benzene rings is 2. The van der Waals surface area contributed by atoms with Crippen LogP contribution in [0.4, 0.5) is 0 Å². The van der Waals surface area contributed by atoms with E-state index < -0.39 is 0 Å². The Labute approximate surface area is 154 Å². The van der Waals surface area contributed by atoms with Gasteiger partial charge in [-0.2, -0.15) is 11.8 Å². The summed E-state index contributed by atoms with van der Waals surface area (Å²) in [6.45, 7) is 2.02. The number of rotatable bonds is 10. The Morgan fingerprint density at radius 3 is 2.48 bits per heavy atom. The topological polar surface area (TPSA) is 42.8 Å². The number of ether oxygens (including phenoxy) is 1.